The van der Waals surface area contributed by atoms with Gasteiger partial charge in [0.05, 0.1) is 24.8 Å². The SMILES string of the molecule is COc1cc(C2C(=C(O)c3ccc(C)cc3)C(=O)C(=O)N2CC2CCCO2)ccc1O. The minimum Gasteiger partial charge on any atom is -0.507 e. The zero-order valence-corrected chi connectivity index (χ0v) is 17.5. The van der Waals surface area contributed by atoms with E-state index in [0.717, 1.165) is 18.4 Å². The van der Waals surface area contributed by atoms with Crippen LogP contribution in [-0.4, -0.2) is 53.2 Å². The number of Topliss-reactive ketones (excluding diaryl/α,β-unsaturated/α-hetero) is 1. The van der Waals surface area contributed by atoms with Gasteiger partial charge in [0.15, 0.2) is 11.5 Å². The van der Waals surface area contributed by atoms with Gasteiger partial charge in [-0.3, -0.25) is 9.59 Å². The standard InChI is InChI=1S/C24H25NO6/c1-14-5-7-15(8-6-14)22(27)20-21(16-9-10-18(26)19(12-16)30-2)25(24(29)23(20)28)13-17-4-3-11-31-17/h5-10,12,17,21,26-27H,3-4,11,13H2,1-2H3. The maximum Gasteiger partial charge on any atom is 0.295 e. The van der Waals surface area contributed by atoms with E-state index in [2.05, 4.69) is 0 Å². The van der Waals surface area contributed by atoms with Crippen molar-refractivity contribution in [2.45, 2.75) is 31.9 Å². The van der Waals surface area contributed by atoms with E-state index in [-0.39, 0.29) is 35.5 Å². The molecule has 2 aromatic carbocycles. The van der Waals surface area contributed by atoms with Crippen molar-refractivity contribution in [1.29, 1.82) is 0 Å². The molecule has 7 nitrogen and oxygen atoms in total. The van der Waals surface area contributed by atoms with Gasteiger partial charge in [-0.2, -0.15) is 0 Å². The lowest BCUT2D eigenvalue weighted by atomic mass is 9.94. The van der Waals surface area contributed by atoms with Crippen LogP contribution >= 0.6 is 0 Å². The number of carbonyl (C=O) groups excluding carboxylic acids is 2. The number of amides is 1. The third-order valence-corrected chi connectivity index (χ3v) is 5.81. The molecule has 2 atom stereocenters. The van der Waals surface area contributed by atoms with E-state index in [4.69, 9.17) is 9.47 Å². The molecule has 2 aliphatic rings. The van der Waals surface area contributed by atoms with Crippen molar-refractivity contribution in [2.24, 2.45) is 0 Å². The molecule has 31 heavy (non-hydrogen) atoms. The molecule has 0 saturated carbocycles. The van der Waals surface area contributed by atoms with Crippen LogP contribution in [0, 0.1) is 6.92 Å². The van der Waals surface area contributed by atoms with E-state index < -0.39 is 17.7 Å². The average molecular weight is 423 g/mol. The van der Waals surface area contributed by atoms with Crippen LogP contribution in [0.25, 0.3) is 5.76 Å². The lowest BCUT2D eigenvalue weighted by Gasteiger charge is -2.27. The molecule has 2 fully saturated rings. The van der Waals surface area contributed by atoms with Crippen molar-refractivity contribution in [1.82, 2.24) is 4.90 Å². The number of benzene rings is 2. The summed E-state index contributed by atoms with van der Waals surface area (Å²) in [6, 6.07) is 10.9. The van der Waals surface area contributed by atoms with E-state index in [1.54, 1.807) is 24.3 Å². The number of carbonyl (C=O) groups is 2. The number of hydrogen-bond acceptors (Lipinski definition) is 6. The van der Waals surface area contributed by atoms with Gasteiger partial charge >= 0.3 is 0 Å². The summed E-state index contributed by atoms with van der Waals surface area (Å²) in [6.45, 7) is 2.78. The van der Waals surface area contributed by atoms with Gasteiger partial charge in [0.25, 0.3) is 11.7 Å². The van der Waals surface area contributed by atoms with Crippen molar-refractivity contribution in [3.8, 4) is 11.5 Å². The number of aromatic hydroxyl groups is 1. The normalized spacial score (nSPS) is 22.8. The molecule has 2 saturated heterocycles. The molecule has 0 bridgehead atoms. The molecule has 162 valence electrons. The molecule has 4 rings (SSSR count). The Morgan fingerprint density at radius 2 is 1.94 bits per heavy atom. The maximum absolute atomic E-state index is 13.0. The second-order valence-electron chi connectivity index (χ2n) is 7.88. The summed E-state index contributed by atoms with van der Waals surface area (Å²) >= 11 is 0. The van der Waals surface area contributed by atoms with Crippen LogP contribution in [-0.2, 0) is 14.3 Å². The first-order valence-electron chi connectivity index (χ1n) is 10.2. The lowest BCUT2D eigenvalue weighted by molar-refractivity contribution is -0.140. The molecule has 2 heterocycles. The van der Waals surface area contributed by atoms with Crippen molar-refractivity contribution in [2.75, 3.05) is 20.3 Å². The highest BCUT2D eigenvalue weighted by Gasteiger charge is 2.47. The molecular formula is C24H25NO6. The summed E-state index contributed by atoms with van der Waals surface area (Å²) in [5.74, 6) is -1.49. The number of phenols is 1. The Kier molecular flexibility index (Phi) is 5.69. The second-order valence-corrected chi connectivity index (χ2v) is 7.88. The predicted molar refractivity (Wildman–Crippen MR) is 114 cm³/mol. The van der Waals surface area contributed by atoms with Crippen molar-refractivity contribution < 1.29 is 29.3 Å². The molecule has 2 aromatic rings. The van der Waals surface area contributed by atoms with Crippen LogP contribution in [0.5, 0.6) is 11.5 Å². The summed E-state index contributed by atoms with van der Waals surface area (Å²) in [5.41, 5.74) is 2.03. The summed E-state index contributed by atoms with van der Waals surface area (Å²) in [7, 11) is 1.43. The zero-order valence-electron chi connectivity index (χ0n) is 17.5. The average Bonchev–Trinajstić information content (AvgIpc) is 3.37. The van der Waals surface area contributed by atoms with Gasteiger partial charge in [-0.1, -0.05) is 35.9 Å². The number of phenolic OH excluding ortho intramolecular Hbond substituents is 1. The van der Waals surface area contributed by atoms with Crippen LogP contribution < -0.4 is 4.74 Å². The molecule has 0 aromatic heterocycles. The smallest absolute Gasteiger partial charge is 0.295 e. The molecular weight excluding hydrogens is 398 g/mol. The Morgan fingerprint density at radius 1 is 1.19 bits per heavy atom. The number of ketones is 1. The molecule has 0 radical (unpaired) electrons. The molecule has 1 amide bonds. The topological polar surface area (TPSA) is 96.3 Å². The van der Waals surface area contributed by atoms with E-state index in [1.165, 1.54) is 18.1 Å². The van der Waals surface area contributed by atoms with Crippen LogP contribution in [0.1, 0.15) is 35.6 Å². The summed E-state index contributed by atoms with van der Waals surface area (Å²) in [6.07, 6.45) is 1.53. The first-order valence-corrected chi connectivity index (χ1v) is 10.2. The highest BCUT2D eigenvalue weighted by molar-refractivity contribution is 6.46. The Morgan fingerprint density at radius 3 is 2.58 bits per heavy atom. The molecule has 0 spiro atoms. The maximum atomic E-state index is 13.0. The van der Waals surface area contributed by atoms with Gasteiger partial charge in [-0.25, -0.2) is 0 Å². The first kappa shape index (κ1) is 20.9. The third kappa shape index (κ3) is 3.88. The van der Waals surface area contributed by atoms with E-state index in [0.29, 0.717) is 17.7 Å². The highest BCUT2D eigenvalue weighted by Crippen LogP contribution is 2.42. The van der Waals surface area contributed by atoms with E-state index >= 15 is 0 Å². The van der Waals surface area contributed by atoms with Crippen LogP contribution in [0.4, 0.5) is 0 Å². The molecule has 2 unspecified atom stereocenters. The number of ether oxygens (including phenoxy) is 2. The monoisotopic (exact) mass is 423 g/mol. The minimum atomic E-state index is -0.819. The molecule has 7 heteroatoms. The predicted octanol–water partition coefficient (Wildman–Crippen LogP) is 3.31. The number of hydrogen-bond donors (Lipinski definition) is 2. The number of methoxy groups -OCH3 is 1. The highest BCUT2D eigenvalue weighted by atomic mass is 16.5. The second kappa shape index (κ2) is 8.43. The van der Waals surface area contributed by atoms with Gasteiger partial charge in [-0.15, -0.1) is 0 Å². The van der Waals surface area contributed by atoms with E-state index in [9.17, 15) is 19.8 Å². The number of aliphatic hydroxyl groups is 1. The summed E-state index contributed by atoms with van der Waals surface area (Å²) in [4.78, 5) is 27.5. The van der Waals surface area contributed by atoms with Crippen LogP contribution in [0.15, 0.2) is 48.0 Å². The van der Waals surface area contributed by atoms with Crippen LogP contribution in [0.3, 0.4) is 0 Å². The zero-order chi connectivity index (χ0) is 22.1. The molecule has 2 aliphatic heterocycles. The van der Waals surface area contributed by atoms with Crippen molar-refractivity contribution >= 4 is 17.4 Å². The number of aryl methyl sites for hydroxylation is 1. The largest absolute Gasteiger partial charge is 0.507 e. The fourth-order valence-corrected chi connectivity index (χ4v) is 4.15. The Labute approximate surface area is 180 Å². The Balaban J connectivity index is 1.85. The quantitative estimate of drug-likeness (QED) is 0.435. The molecule has 2 N–H and O–H groups in total. The van der Waals surface area contributed by atoms with E-state index in [1.807, 2.05) is 19.1 Å². The van der Waals surface area contributed by atoms with Crippen LogP contribution in [0.2, 0.25) is 0 Å². The number of aliphatic hydroxyl groups excluding tert-OH is 1. The Hall–Kier alpha value is -3.32. The van der Waals surface area contributed by atoms with Crippen molar-refractivity contribution in [3.05, 3.63) is 64.7 Å². The van der Waals surface area contributed by atoms with Gasteiger partial charge in [0, 0.05) is 18.7 Å². The number of rotatable bonds is 5. The minimum absolute atomic E-state index is 0.0135. The van der Waals surface area contributed by atoms with Gasteiger partial charge in [-0.05, 0) is 37.5 Å². The van der Waals surface area contributed by atoms with Gasteiger partial charge < -0.3 is 24.6 Å². The third-order valence-electron chi connectivity index (χ3n) is 5.81. The van der Waals surface area contributed by atoms with Gasteiger partial charge in [0.2, 0.25) is 0 Å². The lowest BCUT2D eigenvalue weighted by Crippen LogP contribution is -2.36. The summed E-state index contributed by atoms with van der Waals surface area (Å²) < 4.78 is 10.9. The fraction of sp³-hybridized carbons (Fsp3) is 0.333. The Bertz CT molecular complexity index is 1040. The first-order chi connectivity index (χ1) is 14.9. The molecule has 0 aliphatic carbocycles. The number of nitrogens with zero attached hydrogens (tertiary/aromatic N) is 1. The summed E-state index contributed by atoms with van der Waals surface area (Å²) in [5, 5.41) is 21.1. The van der Waals surface area contributed by atoms with Gasteiger partial charge in [0.1, 0.15) is 5.76 Å². The fourth-order valence-electron chi connectivity index (χ4n) is 4.15. The number of likely N-dealkylation sites (tertiary alicyclic amines) is 1. The van der Waals surface area contributed by atoms with Crippen molar-refractivity contribution in [3.63, 3.8) is 0 Å².